The van der Waals surface area contributed by atoms with Crippen molar-refractivity contribution in [3.63, 3.8) is 0 Å². The van der Waals surface area contributed by atoms with Crippen LogP contribution >= 0.6 is 0 Å². The van der Waals surface area contributed by atoms with E-state index in [0.29, 0.717) is 24.0 Å². The maximum Gasteiger partial charge on any atom is 0.269 e. The fraction of sp³-hybridized carbons (Fsp3) is 0.276. The number of pyridine rings is 2. The van der Waals surface area contributed by atoms with E-state index in [4.69, 9.17) is 4.98 Å². The summed E-state index contributed by atoms with van der Waals surface area (Å²) in [5, 5.41) is 2.16. The fourth-order valence-corrected chi connectivity index (χ4v) is 6.14. The van der Waals surface area contributed by atoms with Crippen LogP contribution in [0.15, 0.2) is 76.6 Å². The second-order valence-electron chi connectivity index (χ2n) is 10.3. The van der Waals surface area contributed by atoms with Crippen LogP contribution in [0.2, 0.25) is 0 Å². The number of nitrogens with zero attached hydrogens (tertiary/aromatic N) is 2. The summed E-state index contributed by atoms with van der Waals surface area (Å²) in [4.78, 5) is 34.4. The van der Waals surface area contributed by atoms with E-state index in [1.54, 1.807) is 12.1 Å². The van der Waals surface area contributed by atoms with Crippen molar-refractivity contribution >= 4 is 32.5 Å². The first kappa shape index (κ1) is 25.7. The lowest BCUT2D eigenvalue weighted by atomic mass is 9.90. The number of rotatable bonds is 5. The zero-order valence-corrected chi connectivity index (χ0v) is 22.6. The van der Waals surface area contributed by atoms with E-state index in [0.717, 1.165) is 34.4 Å². The largest absolute Gasteiger partial charge is 0.351 e. The molecule has 0 saturated carbocycles. The van der Waals surface area contributed by atoms with Crippen LogP contribution in [0.4, 0.5) is 5.82 Å². The number of carbonyl (C=O) groups is 1. The van der Waals surface area contributed by atoms with Crippen molar-refractivity contribution in [3.05, 3.63) is 88.3 Å². The van der Waals surface area contributed by atoms with Crippen molar-refractivity contribution in [2.75, 3.05) is 11.4 Å². The zero-order chi connectivity index (χ0) is 27.2. The minimum Gasteiger partial charge on any atom is -0.351 e. The summed E-state index contributed by atoms with van der Waals surface area (Å²) in [7, 11) is -4.40. The number of hydrogen-bond acceptors (Lipinski definition) is 6. The van der Waals surface area contributed by atoms with Crippen molar-refractivity contribution in [1.29, 1.82) is 0 Å². The van der Waals surface area contributed by atoms with Gasteiger partial charge in [0.25, 0.3) is 21.5 Å². The Morgan fingerprint density at radius 3 is 2.47 bits per heavy atom. The van der Waals surface area contributed by atoms with Gasteiger partial charge in [0.05, 0.1) is 11.3 Å². The highest BCUT2D eigenvalue weighted by molar-refractivity contribution is 7.90. The Hall–Kier alpha value is -3.98. The Balaban J connectivity index is 1.64. The molecule has 3 heterocycles. The molecule has 2 aromatic carbocycles. The smallest absolute Gasteiger partial charge is 0.269 e. The molecule has 2 N–H and O–H groups in total. The number of nitrogens with one attached hydrogen (secondary N) is 2. The number of aromatic nitrogens is 2. The predicted octanol–water partition coefficient (Wildman–Crippen LogP) is 4.64. The van der Waals surface area contributed by atoms with Crippen LogP contribution in [-0.4, -0.2) is 36.4 Å². The fourth-order valence-electron chi connectivity index (χ4n) is 5.11. The maximum absolute atomic E-state index is 13.5. The van der Waals surface area contributed by atoms with Gasteiger partial charge in [-0.05, 0) is 73.7 Å². The number of H-pyrrole nitrogens is 1. The van der Waals surface area contributed by atoms with Gasteiger partial charge in [-0.2, -0.15) is 0 Å². The topological polar surface area (TPSA) is 112 Å². The summed E-state index contributed by atoms with van der Waals surface area (Å²) in [6, 6.07) is 18.1. The number of carbonyl (C=O) groups excluding carboxylic acids is 1. The van der Waals surface area contributed by atoms with Crippen LogP contribution in [0, 0.1) is 12.8 Å². The van der Waals surface area contributed by atoms with Crippen LogP contribution in [0.3, 0.4) is 0 Å². The molecule has 1 aliphatic rings. The third kappa shape index (κ3) is 4.36. The first-order valence-electron chi connectivity index (χ1n) is 12.5. The summed E-state index contributed by atoms with van der Waals surface area (Å²) >= 11 is 0. The molecular formula is C29H30N4O4S. The second kappa shape index (κ2) is 9.40. The molecule has 0 radical (unpaired) electrons. The number of aromatic amines is 1. The Labute approximate surface area is 221 Å². The monoisotopic (exact) mass is 530 g/mol. The molecule has 9 heteroatoms. The summed E-state index contributed by atoms with van der Waals surface area (Å²) in [6.07, 6.45) is 2.24. The lowest BCUT2D eigenvalue weighted by Crippen LogP contribution is -2.44. The highest BCUT2D eigenvalue weighted by atomic mass is 32.2. The molecule has 196 valence electrons. The minimum absolute atomic E-state index is 0.128. The predicted molar refractivity (Wildman–Crippen MR) is 149 cm³/mol. The Kier molecular flexibility index (Phi) is 6.35. The van der Waals surface area contributed by atoms with Gasteiger partial charge < -0.3 is 9.88 Å². The van der Waals surface area contributed by atoms with Gasteiger partial charge in [0.15, 0.2) is 4.90 Å². The van der Waals surface area contributed by atoms with Gasteiger partial charge in [-0.15, -0.1) is 0 Å². The Morgan fingerprint density at radius 2 is 1.79 bits per heavy atom. The van der Waals surface area contributed by atoms with Gasteiger partial charge >= 0.3 is 0 Å². The number of anilines is 1. The number of hydrogen-bond donors (Lipinski definition) is 2. The van der Waals surface area contributed by atoms with Gasteiger partial charge in [0.2, 0.25) is 0 Å². The summed E-state index contributed by atoms with van der Waals surface area (Å²) in [5.41, 5.74) is 1.77. The van der Waals surface area contributed by atoms with Gasteiger partial charge in [-0.3, -0.25) is 9.59 Å². The SMILES string of the molecule is Cc1ccc(-c2ccc(C(=O)NS(=O)(=O)c3ccc[nH]c3=O)c(N3CCC(C)C3(C)C)n2)c2ccccc12. The Bertz CT molecular complexity index is 1730. The minimum atomic E-state index is -4.40. The molecule has 1 aliphatic heterocycles. The molecule has 1 fully saturated rings. The van der Waals surface area contributed by atoms with E-state index < -0.39 is 26.4 Å². The number of fused-ring (bicyclic) bond motifs is 1. The molecule has 5 rings (SSSR count). The first-order valence-corrected chi connectivity index (χ1v) is 14.0. The maximum atomic E-state index is 13.5. The lowest BCUT2D eigenvalue weighted by molar-refractivity contribution is 0.0981. The quantitative estimate of drug-likeness (QED) is 0.389. The molecule has 0 spiro atoms. The van der Waals surface area contributed by atoms with E-state index >= 15 is 0 Å². The summed E-state index contributed by atoms with van der Waals surface area (Å²) in [6.45, 7) is 9.09. The molecule has 38 heavy (non-hydrogen) atoms. The standard InChI is InChI=1S/C29H30N4O4S/c1-18-11-12-22(21-9-6-5-8-20(18)21)24-14-13-23(26(31-24)33-17-15-19(2)29(33,3)4)27(34)32-38(36,37)25-10-7-16-30-28(25)35/h5-14,16,19H,15,17H2,1-4H3,(H,30,35)(H,32,34). The van der Waals surface area contributed by atoms with Gasteiger partial charge in [0.1, 0.15) is 5.82 Å². The van der Waals surface area contributed by atoms with Crippen molar-refractivity contribution < 1.29 is 13.2 Å². The van der Waals surface area contributed by atoms with Crippen LogP contribution in [0.5, 0.6) is 0 Å². The molecule has 1 amide bonds. The molecule has 1 atom stereocenters. The molecular weight excluding hydrogens is 500 g/mol. The van der Waals surface area contributed by atoms with E-state index in [2.05, 4.69) is 48.4 Å². The van der Waals surface area contributed by atoms with Crippen LogP contribution < -0.4 is 15.2 Å². The lowest BCUT2D eigenvalue weighted by Gasteiger charge is -2.36. The molecule has 8 nitrogen and oxygen atoms in total. The van der Waals surface area contributed by atoms with E-state index in [1.165, 1.54) is 12.3 Å². The van der Waals surface area contributed by atoms with Crippen molar-refractivity contribution in [3.8, 4) is 11.3 Å². The first-order chi connectivity index (χ1) is 18.0. The van der Waals surface area contributed by atoms with Crippen molar-refractivity contribution in [2.24, 2.45) is 5.92 Å². The normalized spacial score (nSPS) is 17.1. The molecule has 4 aromatic rings. The third-order valence-corrected chi connectivity index (χ3v) is 9.13. The second-order valence-corrected chi connectivity index (χ2v) is 12.0. The van der Waals surface area contributed by atoms with E-state index in [9.17, 15) is 18.0 Å². The number of sulfonamides is 1. The molecule has 0 aliphatic carbocycles. The molecule has 1 unspecified atom stereocenters. The van der Waals surface area contributed by atoms with Gasteiger partial charge in [-0.1, -0.05) is 43.3 Å². The average Bonchev–Trinajstić information content (AvgIpc) is 3.15. The molecule has 0 bridgehead atoms. The molecule has 2 aromatic heterocycles. The summed E-state index contributed by atoms with van der Waals surface area (Å²) < 4.78 is 27.9. The van der Waals surface area contributed by atoms with Crippen LogP contribution in [0.1, 0.15) is 43.1 Å². The van der Waals surface area contributed by atoms with Crippen molar-refractivity contribution in [2.45, 2.75) is 44.6 Å². The zero-order valence-electron chi connectivity index (χ0n) is 21.8. The van der Waals surface area contributed by atoms with Gasteiger partial charge in [-0.25, -0.2) is 18.1 Å². The van der Waals surface area contributed by atoms with Crippen molar-refractivity contribution in [1.82, 2.24) is 14.7 Å². The highest BCUT2D eigenvalue weighted by Gasteiger charge is 2.41. The summed E-state index contributed by atoms with van der Waals surface area (Å²) in [5.74, 6) is -0.0988. The third-order valence-electron chi connectivity index (χ3n) is 7.78. The van der Waals surface area contributed by atoms with E-state index in [-0.39, 0.29) is 11.1 Å². The number of benzene rings is 2. The molecule has 1 saturated heterocycles. The number of amides is 1. The Morgan fingerprint density at radius 1 is 1.05 bits per heavy atom. The van der Waals surface area contributed by atoms with Crippen LogP contribution in [-0.2, 0) is 10.0 Å². The van der Waals surface area contributed by atoms with E-state index in [1.807, 2.05) is 30.3 Å². The number of aryl methyl sites for hydroxylation is 1. The average molecular weight is 531 g/mol. The highest BCUT2D eigenvalue weighted by Crippen LogP contribution is 2.40. The van der Waals surface area contributed by atoms with Crippen LogP contribution in [0.25, 0.3) is 22.0 Å². The van der Waals surface area contributed by atoms with Gasteiger partial charge in [0, 0.05) is 23.8 Å².